The zero-order chi connectivity index (χ0) is 47.3. The van der Waals surface area contributed by atoms with E-state index >= 15 is 0 Å². The highest BCUT2D eigenvalue weighted by molar-refractivity contribution is 5.99. The van der Waals surface area contributed by atoms with Gasteiger partial charge in [-0.3, -0.25) is 28.3 Å². The Balaban J connectivity index is 0.000000170. The van der Waals surface area contributed by atoms with Crippen molar-refractivity contribution in [3.05, 3.63) is 152 Å². The average molecular weight is 921 g/mol. The van der Waals surface area contributed by atoms with Crippen molar-refractivity contribution in [2.24, 2.45) is 20.0 Å². The van der Waals surface area contributed by atoms with Crippen LogP contribution in [0.2, 0.25) is 0 Å². The minimum absolute atomic E-state index is 0.0610. The van der Waals surface area contributed by atoms with Crippen LogP contribution in [-0.2, 0) is 33.7 Å². The van der Waals surface area contributed by atoms with Crippen LogP contribution in [-0.4, -0.2) is 78.5 Å². The van der Waals surface area contributed by atoms with Crippen LogP contribution in [0.15, 0.2) is 110 Å². The van der Waals surface area contributed by atoms with Crippen LogP contribution in [0, 0.1) is 5.92 Å². The lowest BCUT2D eigenvalue weighted by Gasteiger charge is -2.21. The van der Waals surface area contributed by atoms with Gasteiger partial charge in [0.2, 0.25) is 0 Å². The summed E-state index contributed by atoms with van der Waals surface area (Å²) in [7, 11) is 3.24. The van der Waals surface area contributed by atoms with E-state index in [1.807, 2.05) is 0 Å². The van der Waals surface area contributed by atoms with Crippen LogP contribution >= 0.6 is 0 Å². The molecule has 7 aromatic heterocycles. The SMILES string of the molecule is Cn1c(=O)oc2ccc(CNC(=O)c3cc(C(=O)NCC4CCCCC4)n4nccc4n3)cc21.Cn1c(=O)oc2ccc(CNC(=O)c3cc(C(=O)NCc4ncccn4)n4nccc4n3)cc21. The molecule has 1 saturated carbocycles. The summed E-state index contributed by atoms with van der Waals surface area (Å²) in [6, 6.07) is 18.2. The molecule has 4 N–H and O–H groups in total. The molecule has 2 aromatic carbocycles. The van der Waals surface area contributed by atoms with Gasteiger partial charge in [-0.05, 0) is 60.2 Å². The predicted octanol–water partition coefficient (Wildman–Crippen LogP) is 3.24. The number of aromatic nitrogens is 10. The van der Waals surface area contributed by atoms with E-state index in [9.17, 15) is 28.8 Å². The van der Waals surface area contributed by atoms with Crippen molar-refractivity contribution >= 4 is 57.1 Å². The highest BCUT2D eigenvalue weighted by Gasteiger charge is 2.21. The summed E-state index contributed by atoms with van der Waals surface area (Å²) in [5.41, 5.74) is 5.16. The lowest BCUT2D eigenvalue weighted by molar-refractivity contribution is 0.0924. The Hall–Kier alpha value is -8.82. The molecule has 0 spiro atoms. The van der Waals surface area contributed by atoms with Crippen LogP contribution in [0.4, 0.5) is 0 Å². The molecule has 22 heteroatoms. The Kier molecular flexibility index (Phi) is 12.6. The number of benzene rings is 2. The third-order valence-corrected chi connectivity index (χ3v) is 11.6. The molecule has 1 fully saturated rings. The van der Waals surface area contributed by atoms with Gasteiger partial charge < -0.3 is 30.1 Å². The number of hydrogen-bond acceptors (Lipinski definition) is 14. The molecular formula is C46H44N14O8. The van der Waals surface area contributed by atoms with Crippen molar-refractivity contribution in [2.45, 2.75) is 51.7 Å². The summed E-state index contributed by atoms with van der Waals surface area (Å²) in [6.45, 7) is 1.15. The van der Waals surface area contributed by atoms with Crippen molar-refractivity contribution in [3.63, 3.8) is 0 Å². The molecule has 7 heterocycles. The Bertz CT molecular complexity index is 3470. The van der Waals surface area contributed by atoms with E-state index in [0.29, 0.717) is 51.8 Å². The lowest BCUT2D eigenvalue weighted by Crippen LogP contribution is -2.32. The second kappa shape index (κ2) is 19.3. The van der Waals surface area contributed by atoms with Crippen LogP contribution in [0.25, 0.3) is 33.5 Å². The first-order valence-corrected chi connectivity index (χ1v) is 21.7. The molecule has 9 aromatic rings. The molecule has 22 nitrogen and oxygen atoms in total. The van der Waals surface area contributed by atoms with Gasteiger partial charge in [-0.2, -0.15) is 10.2 Å². The van der Waals surface area contributed by atoms with E-state index < -0.39 is 29.2 Å². The number of carbonyl (C=O) groups excluding carboxylic acids is 4. The Morgan fingerprint density at radius 2 is 1.07 bits per heavy atom. The number of fused-ring (bicyclic) bond motifs is 4. The van der Waals surface area contributed by atoms with E-state index in [2.05, 4.69) is 51.4 Å². The van der Waals surface area contributed by atoms with Gasteiger partial charge in [-0.1, -0.05) is 31.4 Å². The first kappa shape index (κ1) is 44.4. The highest BCUT2D eigenvalue weighted by Crippen LogP contribution is 2.23. The fourth-order valence-electron chi connectivity index (χ4n) is 7.88. The summed E-state index contributed by atoms with van der Waals surface area (Å²) in [5, 5.41) is 19.7. The fourth-order valence-corrected chi connectivity index (χ4v) is 7.88. The number of amides is 4. The van der Waals surface area contributed by atoms with Crippen molar-refractivity contribution in [2.75, 3.05) is 6.54 Å². The topological polar surface area (TPSA) is 273 Å². The molecular weight excluding hydrogens is 877 g/mol. The van der Waals surface area contributed by atoms with E-state index in [4.69, 9.17) is 8.83 Å². The minimum Gasteiger partial charge on any atom is -0.408 e. The molecule has 10 rings (SSSR count). The maximum Gasteiger partial charge on any atom is 0.419 e. The Labute approximate surface area is 384 Å². The van der Waals surface area contributed by atoms with Gasteiger partial charge in [0.1, 0.15) is 28.6 Å². The number of rotatable bonds is 12. The maximum atomic E-state index is 12.9. The summed E-state index contributed by atoms with van der Waals surface area (Å²) in [4.78, 5) is 91.7. The van der Waals surface area contributed by atoms with Crippen molar-refractivity contribution < 1.29 is 28.0 Å². The Morgan fingerprint density at radius 3 is 1.59 bits per heavy atom. The first-order valence-electron chi connectivity index (χ1n) is 21.7. The fraction of sp³-hybridized carbons (Fsp3) is 0.261. The van der Waals surface area contributed by atoms with Gasteiger partial charge in [-0.15, -0.1) is 0 Å². The van der Waals surface area contributed by atoms with Gasteiger partial charge in [0.05, 0.1) is 30.0 Å². The van der Waals surface area contributed by atoms with Crippen molar-refractivity contribution in [1.82, 2.24) is 69.6 Å². The smallest absolute Gasteiger partial charge is 0.408 e. The summed E-state index contributed by atoms with van der Waals surface area (Å²) in [6.07, 6.45) is 12.1. The van der Waals surface area contributed by atoms with E-state index in [1.165, 1.54) is 55.8 Å². The van der Waals surface area contributed by atoms with E-state index in [1.54, 1.807) is 87.3 Å². The number of aryl methyl sites for hydroxylation is 2. The molecule has 0 unspecified atom stereocenters. The summed E-state index contributed by atoms with van der Waals surface area (Å²) in [5.74, 6) is -1.57. The Morgan fingerprint density at radius 1 is 0.588 bits per heavy atom. The molecule has 68 heavy (non-hydrogen) atoms. The zero-order valence-electron chi connectivity index (χ0n) is 36.8. The van der Waals surface area contributed by atoms with Gasteiger partial charge in [0, 0.05) is 70.4 Å². The second-order valence-corrected chi connectivity index (χ2v) is 16.1. The number of oxazole rings is 2. The quantitative estimate of drug-likeness (QED) is 0.137. The normalized spacial score (nSPS) is 12.8. The lowest BCUT2D eigenvalue weighted by atomic mass is 9.89. The molecule has 1 aliphatic carbocycles. The number of nitrogens with one attached hydrogen (secondary N) is 4. The van der Waals surface area contributed by atoms with Gasteiger partial charge in [-0.25, -0.2) is 38.6 Å². The van der Waals surface area contributed by atoms with Gasteiger partial charge >= 0.3 is 11.5 Å². The van der Waals surface area contributed by atoms with Crippen LogP contribution < -0.4 is 32.8 Å². The third-order valence-electron chi connectivity index (χ3n) is 11.6. The van der Waals surface area contributed by atoms with Gasteiger partial charge in [0.15, 0.2) is 22.5 Å². The molecule has 0 saturated heterocycles. The van der Waals surface area contributed by atoms with Crippen molar-refractivity contribution in [3.8, 4) is 0 Å². The molecule has 0 bridgehead atoms. The standard InChI is InChI=1S/C24H26N6O4.C22H18N8O4/c1-29-18-11-16(7-8-20(18)34-24(29)33)14-25-22(31)17-12-19(30-21(28-17)9-10-27-30)23(32)26-13-15-5-3-2-4-6-15;1-29-15-9-13(3-4-17(15)34-22(29)33)11-25-20(31)14-10-16(30-19(28-14)5-8-27-30)21(32)26-12-18-23-6-2-7-24-18/h7-12,15H,2-6,13-14H2,1H3,(H,25,31)(H,26,32);2-10H,11-12H2,1H3,(H,25,31)(H,26,32). The number of carbonyl (C=O) groups is 4. The van der Waals surface area contributed by atoms with Crippen LogP contribution in [0.5, 0.6) is 0 Å². The monoisotopic (exact) mass is 920 g/mol. The van der Waals surface area contributed by atoms with Gasteiger partial charge in [0.25, 0.3) is 23.6 Å². The van der Waals surface area contributed by atoms with E-state index in [-0.39, 0.29) is 48.3 Å². The maximum absolute atomic E-state index is 12.9. The molecule has 0 aliphatic heterocycles. The summed E-state index contributed by atoms with van der Waals surface area (Å²) >= 11 is 0. The minimum atomic E-state index is -0.467. The first-order chi connectivity index (χ1) is 33.0. The molecule has 346 valence electrons. The molecule has 4 amide bonds. The number of hydrogen-bond donors (Lipinski definition) is 4. The summed E-state index contributed by atoms with van der Waals surface area (Å²) < 4.78 is 15.9. The zero-order valence-corrected chi connectivity index (χ0v) is 36.8. The second-order valence-electron chi connectivity index (χ2n) is 16.1. The largest absolute Gasteiger partial charge is 0.419 e. The van der Waals surface area contributed by atoms with E-state index in [0.717, 1.165) is 24.0 Å². The molecule has 0 radical (unpaired) electrons. The van der Waals surface area contributed by atoms with Crippen LogP contribution in [0.3, 0.4) is 0 Å². The predicted molar refractivity (Wildman–Crippen MR) is 243 cm³/mol. The molecule has 1 aliphatic rings. The average Bonchev–Trinajstić information content (AvgIpc) is 4.17. The third kappa shape index (κ3) is 9.59. The van der Waals surface area contributed by atoms with Crippen LogP contribution in [0.1, 0.15) is 91.0 Å². The van der Waals surface area contributed by atoms with Crippen molar-refractivity contribution in [1.29, 1.82) is 0 Å². The number of nitrogens with zero attached hydrogens (tertiary/aromatic N) is 10. The molecule has 0 atom stereocenters. The highest BCUT2D eigenvalue weighted by atomic mass is 16.4.